The molecular weight excluding hydrogens is 257 g/mol. The van der Waals surface area contributed by atoms with E-state index in [4.69, 9.17) is 5.84 Å². The molecular formula is C12H19F3N4. The third-order valence-electron chi connectivity index (χ3n) is 4.03. The summed E-state index contributed by atoms with van der Waals surface area (Å²) < 4.78 is 41.0. The first-order valence-electron chi connectivity index (χ1n) is 6.46. The number of hydrogen-bond acceptors (Lipinski definition) is 3. The maximum atomic E-state index is 13.1. The molecule has 19 heavy (non-hydrogen) atoms. The van der Waals surface area contributed by atoms with Gasteiger partial charge >= 0.3 is 6.18 Å². The molecule has 0 aromatic carbocycles. The number of hydrazine groups is 1. The van der Waals surface area contributed by atoms with Crippen molar-refractivity contribution < 1.29 is 13.2 Å². The molecule has 1 saturated carbocycles. The van der Waals surface area contributed by atoms with E-state index in [0.717, 1.165) is 6.42 Å². The van der Waals surface area contributed by atoms with E-state index in [1.165, 1.54) is 0 Å². The fourth-order valence-corrected chi connectivity index (χ4v) is 3.08. The smallest absolute Gasteiger partial charge is 0.271 e. The first-order valence-corrected chi connectivity index (χ1v) is 6.46. The molecule has 7 heteroatoms. The second kappa shape index (κ2) is 5.50. The van der Waals surface area contributed by atoms with Crippen LogP contribution in [0.25, 0.3) is 0 Å². The molecule has 0 aliphatic heterocycles. The topological polar surface area (TPSA) is 55.9 Å². The Kier molecular flexibility index (Phi) is 4.15. The van der Waals surface area contributed by atoms with Crippen molar-refractivity contribution in [2.24, 2.45) is 24.7 Å². The van der Waals surface area contributed by atoms with E-state index >= 15 is 0 Å². The summed E-state index contributed by atoms with van der Waals surface area (Å²) in [5.74, 6) is 3.68. The molecule has 3 N–H and O–H groups in total. The Morgan fingerprint density at radius 3 is 2.63 bits per heavy atom. The van der Waals surface area contributed by atoms with Gasteiger partial charge in [-0.1, -0.05) is 12.8 Å². The summed E-state index contributed by atoms with van der Waals surface area (Å²) >= 11 is 0. The van der Waals surface area contributed by atoms with Crippen LogP contribution in [0.4, 0.5) is 13.2 Å². The molecule has 0 spiro atoms. The van der Waals surface area contributed by atoms with Gasteiger partial charge < -0.3 is 0 Å². The second-order valence-electron chi connectivity index (χ2n) is 5.12. The predicted octanol–water partition coefficient (Wildman–Crippen LogP) is 2.29. The molecule has 0 saturated heterocycles. The number of nitrogens with zero attached hydrogens (tertiary/aromatic N) is 2. The Hall–Kier alpha value is -1.08. The molecule has 4 nitrogen and oxygen atoms in total. The van der Waals surface area contributed by atoms with Gasteiger partial charge in [0.2, 0.25) is 0 Å². The lowest BCUT2D eigenvalue weighted by molar-refractivity contribution is -0.199. The van der Waals surface area contributed by atoms with E-state index in [-0.39, 0.29) is 6.42 Å². The van der Waals surface area contributed by atoms with Crippen molar-refractivity contribution in [2.45, 2.75) is 37.9 Å². The van der Waals surface area contributed by atoms with Crippen LogP contribution in [0.5, 0.6) is 0 Å². The van der Waals surface area contributed by atoms with Crippen LogP contribution >= 0.6 is 0 Å². The van der Waals surface area contributed by atoms with Gasteiger partial charge in [0.25, 0.3) is 0 Å². The van der Waals surface area contributed by atoms with Crippen LogP contribution < -0.4 is 11.3 Å². The van der Waals surface area contributed by atoms with Crippen molar-refractivity contribution in [1.29, 1.82) is 0 Å². The van der Waals surface area contributed by atoms with E-state index in [1.54, 1.807) is 24.0 Å². The molecule has 0 radical (unpaired) electrons. The molecule has 3 unspecified atom stereocenters. The Balaban J connectivity index is 2.27. The van der Waals surface area contributed by atoms with Gasteiger partial charge in [0.1, 0.15) is 0 Å². The van der Waals surface area contributed by atoms with Crippen LogP contribution in [0.1, 0.15) is 37.4 Å². The SMILES string of the molecule is Cn1nccc1C(NN)C1CCCCC1C(F)(F)F. The van der Waals surface area contributed by atoms with Crippen molar-refractivity contribution in [2.75, 3.05) is 0 Å². The fraction of sp³-hybridized carbons (Fsp3) is 0.750. The van der Waals surface area contributed by atoms with Gasteiger partial charge in [-0.25, -0.2) is 0 Å². The quantitative estimate of drug-likeness (QED) is 0.658. The first kappa shape index (κ1) is 14.3. The van der Waals surface area contributed by atoms with E-state index in [1.807, 2.05) is 0 Å². The molecule has 0 amide bonds. The van der Waals surface area contributed by atoms with Crippen molar-refractivity contribution in [1.82, 2.24) is 15.2 Å². The van der Waals surface area contributed by atoms with Gasteiger partial charge in [-0.15, -0.1) is 0 Å². The lowest BCUT2D eigenvalue weighted by Crippen LogP contribution is -2.43. The average Bonchev–Trinajstić information content (AvgIpc) is 2.76. The van der Waals surface area contributed by atoms with E-state index in [2.05, 4.69) is 10.5 Å². The minimum absolute atomic E-state index is 0.185. The van der Waals surface area contributed by atoms with E-state index in [0.29, 0.717) is 18.5 Å². The molecule has 1 aromatic rings. The zero-order valence-corrected chi connectivity index (χ0v) is 10.8. The van der Waals surface area contributed by atoms with Crippen LogP contribution in [0.2, 0.25) is 0 Å². The maximum absolute atomic E-state index is 13.1. The Bertz CT molecular complexity index is 415. The summed E-state index contributed by atoms with van der Waals surface area (Å²) in [6.45, 7) is 0. The number of alkyl halides is 3. The largest absolute Gasteiger partial charge is 0.392 e. The Morgan fingerprint density at radius 2 is 2.11 bits per heavy atom. The zero-order chi connectivity index (χ0) is 14.0. The summed E-state index contributed by atoms with van der Waals surface area (Å²) in [6, 6.07) is 1.20. The fourth-order valence-electron chi connectivity index (χ4n) is 3.08. The van der Waals surface area contributed by atoms with Crippen LogP contribution in [-0.4, -0.2) is 16.0 Å². The minimum atomic E-state index is -4.17. The Morgan fingerprint density at radius 1 is 1.42 bits per heavy atom. The molecule has 1 aliphatic carbocycles. The number of nitrogens with two attached hydrogens (primary N) is 1. The minimum Gasteiger partial charge on any atom is -0.271 e. The third-order valence-corrected chi connectivity index (χ3v) is 4.03. The van der Waals surface area contributed by atoms with Crippen LogP contribution in [-0.2, 0) is 7.05 Å². The highest BCUT2D eigenvalue weighted by molar-refractivity contribution is 5.09. The van der Waals surface area contributed by atoms with Crippen molar-refractivity contribution >= 4 is 0 Å². The normalized spacial score (nSPS) is 26.4. The number of rotatable bonds is 3. The highest BCUT2D eigenvalue weighted by Gasteiger charge is 2.48. The molecule has 1 aromatic heterocycles. The summed E-state index contributed by atoms with van der Waals surface area (Å²) in [5.41, 5.74) is 3.25. The predicted molar refractivity (Wildman–Crippen MR) is 64.8 cm³/mol. The molecule has 3 atom stereocenters. The monoisotopic (exact) mass is 276 g/mol. The van der Waals surface area contributed by atoms with Gasteiger partial charge in [0, 0.05) is 13.2 Å². The van der Waals surface area contributed by atoms with Crippen LogP contribution in [0.3, 0.4) is 0 Å². The number of hydrogen-bond donors (Lipinski definition) is 2. The third kappa shape index (κ3) is 2.92. The van der Waals surface area contributed by atoms with Gasteiger partial charge in [0.05, 0.1) is 17.7 Å². The number of halogens is 3. The van der Waals surface area contributed by atoms with Gasteiger partial charge in [-0.2, -0.15) is 18.3 Å². The molecule has 0 bridgehead atoms. The second-order valence-corrected chi connectivity index (χ2v) is 5.12. The zero-order valence-electron chi connectivity index (χ0n) is 10.8. The van der Waals surface area contributed by atoms with E-state index in [9.17, 15) is 13.2 Å². The van der Waals surface area contributed by atoms with Crippen molar-refractivity contribution in [3.63, 3.8) is 0 Å². The molecule has 108 valence electrons. The van der Waals surface area contributed by atoms with E-state index < -0.39 is 24.1 Å². The summed E-state index contributed by atoms with van der Waals surface area (Å²) in [5, 5.41) is 4.01. The first-order chi connectivity index (χ1) is 8.95. The number of nitrogens with one attached hydrogen (secondary N) is 1. The van der Waals surface area contributed by atoms with Gasteiger partial charge in [-0.3, -0.25) is 16.0 Å². The van der Waals surface area contributed by atoms with Crippen molar-refractivity contribution in [3.8, 4) is 0 Å². The standard InChI is InChI=1S/C12H19F3N4/c1-19-10(6-7-17-19)11(18-16)8-4-2-3-5-9(8)12(13,14)15/h6-9,11,18H,2-5,16H2,1H3. The Labute approximate surface area is 110 Å². The lowest BCUT2D eigenvalue weighted by atomic mass is 9.74. The molecule has 1 aliphatic rings. The van der Waals surface area contributed by atoms with Crippen molar-refractivity contribution in [3.05, 3.63) is 18.0 Å². The lowest BCUT2D eigenvalue weighted by Gasteiger charge is -2.37. The summed E-state index contributed by atoms with van der Waals surface area (Å²) in [4.78, 5) is 0. The van der Waals surface area contributed by atoms with Gasteiger partial charge in [-0.05, 0) is 24.8 Å². The average molecular weight is 276 g/mol. The molecule has 1 fully saturated rings. The summed E-state index contributed by atoms with van der Waals surface area (Å²) in [7, 11) is 1.71. The number of aromatic nitrogens is 2. The molecule has 1 heterocycles. The maximum Gasteiger partial charge on any atom is 0.392 e. The highest BCUT2D eigenvalue weighted by atomic mass is 19.4. The molecule has 2 rings (SSSR count). The van der Waals surface area contributed by atoms with Gasteiger partial charge in [0.15, 0.2) is 0 Å². The summed E-state index contributed by atoms with van der Waals surface area (Å²) in [6.07, 6.45) is -0.436. The highest BCUT2D eigenvalue weighted by Crippen LogP contribution is 2.46. The number of aryl methyl sites for hydroxylation is 1. The van der Waals surface area contributed by atoms with Crippen LogP contribution in [0.15, 0.2) is 12.3 Å². The van der Waals surface area contributed by atoms with Crippen LogP contribution in [0, 0.1) is 11.8 Å².